The van der Waals surface area contributed by atoms with Gasteiger partial charge >= 0.3 is 5.97 Å². The van der Waals surface area contributed by atoms with E-state index in [1.165, 1.54) is 12.0 Å². The maximum absolute atomic E-state index is 12.2. The number of amides is 1. The number of rotatable bonds is 7. The van der Waals surface area contributed by atoms with E-state index in [0.29, 0.717) is 17.9 Å². The zero-order chi connectivity index (χ0) is 15.1. The number of aliphatic carboxylic acids is 1. The van der Waals surface area contributed by atoms with Crippen molar-refractivity contribution in [2.45, 2.75) is 33.1 Å². The fourth-order valence-corrected chi connectivity index (χ4v) is 1.95. The second kappa shape index (κ2) is 7.53. The van der Waals surface area contributed by atoms with Crippen molar-refractivity contribution in [3.05, 3.63) is 23.8 Å². The van der Waals surface area contributed by atoms with Crippen molar-refractivity contribution in [2.75, 3.05) is 18.6 Å². The van der Waals surface area contributed by atoms with E-state index in [0.717, 1.165) is 12.0 Å². The summed E-state index contributed by atoms with van der Waals surface area (Å²) < 4.78 is 5.28. The van der Waals surface area contributed by atoms with Crippen LogP contribution in [0.2, 0.25) is 0 Å². The summed E-state index contributed by atoms with van der Waals surface area (Å²) in [4.78, 5) is 24.5. The number of carboxylic acid groups (broad SMARTS) is 1. The molecule has 0 spiro atoms. The molecule has 0 radical (unpaired) electrons. The topological polar surface area (TPSA) is 66.8 Å². The first-order valence-corrected chi connectivity index (χ1v) is 6.66. The van der Waals surface area contributed by atoms with Crippen LogP contribution < -0.4 is 9.64 Å². The number of hydrogen-bond donors (Lipinski definition) is 1. The zero-order valence-corrected chi connectivity index (χ0v) is 12.2. The summed E-state index contributed by atoms with van der Waals surface area (Å²) in [5.41, 5.74) is 1.62. The van der Waals surface area contributed by atoms with Crippen molar-refractivity contribution in [1.82, 2.24) is 0 Å². The number of carbonyl (C=O) groups is 2. The van der Waals surface area contributed by atoms with Gasteiger partial charge in [0.05, 0.1) is 19.2 Å². The second-order valence-electron chi connectivity index (χ2n) is 4.61. The van der Waals surface area contributed by atoms with Gasteiger partial charge in [0.15, 0.2) is 0 Å². The van der Waals surface area contributed by atoms with Gasteiger partial charge in [0, 0.05) is 13.0 Å². The Bertz CT molecular complexity index is 485. The van der Waals surface area contributed by atoms with Crippen LogP contribution in [0, 0.1) is 6.92 Å². The maximum atomic E-state index is 12.2. The van der Waals surface area contributed by atoms with Crippen molar-refractivity contribution >= 4 is 17.6 Å². The van der Waals surface area contributed by atoms with Crippen LogP contribution in [0.4, 0.5) is 5.69 Å². The largest absolute Gasteiger partial charge is 0.495 e. The molecule has 0 aliphatic carbocycles. The average molecular weight is 279 g/mol. The number of aryl methyl sites for hydroxylation is 1. The van der Waals surface area contributed by atoms with E-state index in [4.69, 9.17) is 9.84 Å². The van der Waals surface area contributed by atoms with E-state index < -0.39 is 5.97 Å². The van der Waals surface area contributed by atoms with Crippen molar-refractivity contribution < 1.29 is 19.4 Å². The maximum Gasteiger partial charge on any atom is 0.305 e. The minimum atomic E-state index is -0.925. The van der Waals surface area contributed by atoms with Crippen molar-refractivity contribution in [2.24, 2.45) is 0 Å². The number of anilines is 1. The molecule has 20 heavy (non-hydrogen) atoms. The molecule has 0 unspecified atom stereocenters. The van der Waals surface area contributed by atoms with Gasteiger partial charge in [-0.2, -0.15) is 0 Å². The Labute approximate surface area is 119 Å². The lowest BCUT2D eigenvalue weighted by Crippen LogP contribution is -2.33. The summed E-state index contributed by atoms with van der Waals surface area (Å²) in [6, 6.07) is 5.52. The molecular formula is C15H21NO4. The normalized spacial score (nSPS) is 10.2. The van der Waals surface area contributed by atoms with Crippen molar-refractivity contribution in [1.29, 1.82) is 0 Å². The molecule has 0 atom stereocenters. The highest BCUT2D eigenvalue weighted by atomic mass is 16.5. The Morgan fingerprint density at radius 1 is 1.30 bits per heavy atom. The minimum absolute atomic E-state index is 0.0855. The lowest BCUT2D eigenvalue weighted by molar-refractivity contribution is -0.136. The van der Waals surface area contributed by atoms with Gasteiger partial charge in [-0.1, -0.05) is 13.0 Å². The number of benzene rings is 1. The predicted octanol–water partition coefficient (Wildman–Crippen LogP) is 2.61. The molecule has 0 bridgehead atoms. The molecule has 0 saturated heterocycles. The molecule has 5 nitrogen and oxygen atoms in total. The first kappa shape index (κ1) is 16.0. The molecule has 5 heteroatoms. The molecule has 1 aromatic carbocycles. The molecule has 110 valence electrons. The summed E-state index contributed by atoms with van der Waals surface area (Å²) in [7, 11) is 1.54. The summed E-state index contributed by atoms with van der Waals surface area (Å²) >= 11 is 0. The average Bonchev–Trinajstić information content (AvgIpc) is 2.39. The quantitative estimate of drug-likeness (QED) is 0.833. The molecule has 1 aromatic rings. The fourth-order valence-electron chi connectivity index (χ4n) is 1.95. The van der Waals surface area contributed by atoms with Gasteiger partial charge in [0.2, 0.25) is 5.91 Å². The Morgan fingerprint density at radius 2 is 2.00 bits per heavy atom. The first-order valence-electron chi connectivity index (χ1n) is 6.66. The van der Waals surface area contributed by atoms with Gasteiger partial charge < -0.3 is 14.7 Å². The Kier molecular flexibility index (Phi) is 6.03. The van der Waals surface area contributed by atoms with E-state index in [1.807, 2.05) is 26.0 Å². The van der Waals surface area contributed by atoms with Crippen LogP contribution in [0.1, 0.15) is 31.7 Å². The smallest absolute Gasteiger partial charge is 0.305 e. The van der Waals surface area contributed by atoms with Crippen LogP contribution >= 0.6 is 0 Å². The summed E-state index contributed by atoms with van der Waals surface area (Å²) in [5, 5.41) is 8.83. The Hall–Kier alpha value is -2.04. The lowest BCUT2D eigenvalue weighted by Gasteiger charge is -2.24. The van der Waals surface area contributed by atoms with Gasteiger partial charge in [0.25, 0.3) is 0 Å². The van der Waals surface area contributed by atoms with Crippen molar-refractivity contribution in [3.8, 4) is 5.75 Å². The number of nitrogens with zero attached hydrogens (tertiary/aromatic N) is 1. The molecule has 1 rings (SSSR count). The van der Waals surface area contributed by atoms with Gasteiger partial charge in [-0.25, -0.2) is 0 Å². The zero-order valence-electron chi connectivity index (χ0n) is 12.2. The number of methoxy groups -OCH3 is 1. The third kappa shape index (κ3) is 4.26. The molecule has 1 amide bonds. The van der Waals surface area contributed by atoms with Gasteiger partial charge in [-0.05, 0) is 31.0 Å². The van der Waals surface area contributed by atoms with Gasteiger partial charge in [0.1, 0.15) is 5.75 Å². The third-order valence-electron chi connectivity index (χ3n) is 2.94. The molecule has 1 N–H and O–H groups in total. The summed E-state index contributed by atoms with van der Waals surface area (Å²) in [6.07, 6.45) is 1.01. The molecule has 0 aromatic heterocycles. The molecule has 0 heterocycles. The lowest BCUT2D eigenvalue weighted by atomic mass is 10.1. The molecule has 0 aliphatic rings. The predicted molar refractivity (Wildman–Crippen MR) is 77.2 cm³/mol. The minimum Gasteiger partial charge on any atom is -0.495 e. The van der Waals surface area contributed by atoms with E-state index in [-0.39, 0.29) is 18.9 Å². The standard InChI is InChI=1S/C15H21NO4/c1-4-5-14(17)16(9-8-15(18)19)12-10-11(2)6-7-13(12)20-3/h6-7,10H,4-5,8-9H2,1-3H3,(H,18,19). The van der Waals surface area contributed by atoms with Crippen LogP contribution in [-0.4, -0.2) is 30.6 Å². The Balaban J connectivity index is 3.11. The third-order valence-corrected chi connectivity index (χ3v) is 2.94. The molecule has 0 aliphatic heterocycles. The van der Waals surface area contributed by atoms with Gasteiger partial charge in [-0.15, -0.1) is 0 Å². The number of carboxylic acids is 1. The highest BCUT2D eigenvalue weighted by molar-refractivity contribution is 5.95. The first-order chi connectivity index (χ1) is 9.49. The van der Waals surface area contributed by atoms with Crippen LogP contribution in [-0.2, 0) is 9.59 Å². The fraction of sp³-hybridized carbons (Fsp3) is 0.467. The van der Waals surface area contributed by atoms with Crippen LogP contribution in [0.15, 0.2) is 18.2 Å². The monoisotopic (exact) mass is 279 g/mol. The van der Waals surface area contributed by atoms with Crippen LogP contribution in [0.5, 0.6) is 5.75 Å². The van der Waals surface area contributed by atoms with Crippen LogP contribution in [0.3, 0.4) is 0 Å². The van der Waals surface area contributed by atoms with Crippen LogP contribution in [0.25, 0.3) is 0 Å². The SMILES string of the molecule is CCCC(=O)N(CCC(=O)O)c1cc(C)ccc1OC. The molecule has 0 fully saturated rings. The van der Waals surface area contributed by atoms with Crippen molar-refractivity contribution in [3.63, 3.8) is 0 Å². The number of carbonyl (C=O) groups excluding carboxylic acids is 1. The Morgan fingerprint density at radius 3 is 2.55 bits per heavy atom. The van der Waals surface area contributed by atoms with E-state index >= 15 is 0 Å². The van der Waals surface area contributed by atoms with E-state index in [2.05, 4.69) is 0 Å². The number of hydrogen-bond acceptors (Lipinski definition) is 3. The highest BCUT2D eigenvalue weighted by Crippen LogP contribution is 2.30. The van der Waals surface area contributed by atoms with E-state index in [1.54, 1.807) is 6.07 Å². The van der Waals surface area contributed by atoms with E-state index in [9.17, 15) is 9.59 Å². The highest BCUT2D eigenvalue weighted by Gasteiger charge is 2.19. The molecule has 0 saturated carbocycles. The second-order valence-corrected chi connectivity index (χ2v) is 4.61. The molecular weight excluding hydrogens is 258 g/mol. The van der Waals surface area contributed by atoms with Gasteiger partial charge in [-0.3, -0.25) is 9.59 Å². The number of ether oxygens (including phenoxy) is 1. The summed E-state index contributed by atoms with van der Waals surface area (Å²) in [6.45, 7) is 3.98. The summed E-state index contributed by atoms with van der Waals surface area (Å²) in [5.74, 6) is -0.436.